The van der Waals surface area contributed by atoms with Crippen molar-refractivity contribution in [3.8, 4) is 0 Å². The van der Waals surface area contributed by atoms with Gasteiger partial charge in [0.25, 0.3) is 11.6 Å². The van der Waals surface area contributed by atoms with Crippen molar-refractivity contribution in [3.63, 3.8) is 0 Å². The zero-order chi connectivity index (χ0) is 12.6. The van der Waals surface area contributed by atoms with Crippen LogP contribution in [-0.2, 0) is 28.5 Å². The second-order valence-corrected chi connectivity index (χ2v) is 2.80. The van der Waals surface area contributed by atoms with Gasteiger partial charge in [-0.3, -0.25) is 9.59 Å². The number of methoxy groups -OCH3 is 2. The highest BCUT2D eigenvalue weighted by Crippen LogP contribution is 2.14. The Labute approximate surface area is 94.8 Å². The minimum Gasteiger partial charge on any atom is -0.346 e. The summed E-state index contributed by atoms with van der Waals surface area (Å²) in [5.74, 6) is -2.68. The molecule has 0 amide bonds. The lowest BCUT2D eigenvalue weighted by molar-refractivity contribution is -0.224. The number of hydrogen-bond donors (Lipinski definition) is 0. The van der Waals surface area contributed by atoms with Crippen LogP contribution in [0, 0.1) is 0 Å². The first-order chi connectivity index (χ1) is 7.61. The molecule has 6 nitrogen and oxygen atoms in total. The second kappa shape index (κ2) is 7.45. The maximum Gasteiger partial charge on any atom is 0.292 e. The molecule has 0 aliphatic heterocycles. The molecule has 0 heterocycles. The van der Waals surface area contributed by atoms with E-state index in [4.69, 9.17) is 18.9 Å². The molecule has 0 aliphatic carbocycles. The largest absolute Gasteiger partial charge is 0.346 e. The summed E-state index contributed by atoms with van der Waals surface area (Å²) in [7, 11) is 2.40. The zero-order valence-corrected chi connectivity index (χ0v) is 10.0. The van der Waals surface area contributed by atoms with Gasteiger partial charge in [-0.05, 0) is 13.8 Å². The summed E-state index contributed by atoms with van der Waals surface area (Å²) < 4.78 is 19.7. The molecule has 94 valence electrons. The normalized spacial score (nSPS) is 11.8. The van der Waals surface area contributed by atoms with E-state index in [-0.39, 0.29) is 19.5 Å². The van der Waals surface area contributed by atoms with Crippen molar-refractivity contribution in [1.29, 1.82) is 0 Å². The monoisotopic (exact) mass is 234 g/mol. The highest BCUT2D eigenvalue weighted by Gasteiger charge is 2.44. The summed E-state index contributed by atoms with van der Waals surface area (Å²) in [5.41, 5.74) is 0. The molecule has 0 aromatic carbocycles. The van der Waals surface area contributed by atoms with E-state index >= 15 is 0 Å². The summed E-state index contributed by atoms with van der Waals surface area (Å²) in [6.45, 7) is 3.97. The molecule has 0 aromatic rings. The first kappa shape index (κ1) is 15.2. The van der Waals surface area contributed by atoms with Crippen LogP contribution in [0.2, 0.25) is 0 Å². The number of carbonyl (C=O) groups excluding carboxylic acids is 2. The Balaban J connectivity index is 4.85. The molecular formula is C10H18O6. The molecule has 0 saturated carbocycles. The quantitative estimate of drug-likeness (QED) is 0.321. The summed E-state index contributed by atoms with van der Waals surface area (Å²) in [5, 5.41) is 0. The Bertz CT molecular complexity index is 217. The molecular weight excluding hydrogens is 216 g/mol. The topological polar surface area (TPSA) is 71.1 Å². The zero-order valence-electron chi connectivity index (χ0n) is 10.0. The van der Waals surface area contributed by atoms with E-state index in [0.29, 0.717) is 0 Å². The third kappa shape index (κ3) is 3.34. The summed E-state index contributed by atoms with van der Waals surface area (Å²) in [6, 6.07) is 0. The summed E-state index contributed by atoms with van der Waals surface area (Å²) in [6.07, 6.45) is -0.888. The summed E-state index contributed by atoms with van der Waals surface area (Å²) >= 11 is 0. The lowest BCUT2D eigenvalue weighted by Gasteiger charge is -2.26. The molecule has 6 heteroatoms. The van der Waals surface area contributed by atoms with Crippen LogP contribution in [0.5, 0.6) is 0 Å². The molecule has 0 unspecified atom stereocenters. The fourth-order valence-corrected chi connectivity index (χ4v) is 1.11. The van der Waals surface area contributed by atoms with Gasteiger partial charge in [-0.2, -0.15) is 0 Å². The molecule has 0 atom stereocenters. The van der Waals surface area contributed by atoms with Gasteiger partial charge in [0.1, 0.15) is 0 Å². The van der Waals surface area contributed by atoms with Crippen molar-refractivity contribution < 1.29 is 28.5 Å². The molecule has 0 bridgehead atoms. The molecule has 0 N–H and O–H groups in total. The smallest absolute Gasteiger partial charge is 0.292 e. The molecule has 0 spiro atoms. The van der Waals surface area contributed by atoms with Crippen molar-refractivity contribution in [2.24, 2.45) is 0 Å². The summed E-state index contributed by atoms with van der Waals surface area (Å²) in [4.78, 5) is 22.8. The third-order valence-corrected chi connectivity index (χ3v) is 1.96. The van der Waals surface area contributed by atoms with Crippen LogP contribution >= 0.6 is 0 Å². The van der Waals surface area contributed by atoms with Crippen LogP contribution < -0.4 is 0 Å². The van der Waals surface area contributed by atoms with E-state index < -0.39 is 17.9 Å². The number of Topliss-reactive ketones (excluding diaryl/α,β-unsaturated/α-hetero) is 1. The number of rotatable bonds is 9. The molecule has 0 aliphatic rings. The Kier molecular flexibility index (Phi) is 7.07. The lowest BCUT2D eigenvalue weighted by Crippen LogP contribution is -2.51. The van der Waals surface area contributed by atoms with Crippen LogP contribution in [0.25, 0.3) is 0 Å². The van der Waals surface area contributed by atoms with Gasteiger partial charge in [-0.1, -0.05) is 0 Å². The number of aldehydes is 1. The minimum absolute atomic E-state index is 0.277. The molecule has 0 saturated heterocycles. The van der Waals surface area contributed by atoms with Gasteiger partial charge in [-0.15, -0.1) is 0 Å². The molecule has 0 aromatic heterocycles. The van der Waals surface area contributed by atoms with Crippen molar-refractivity contribution in [3.05, 3.63) is 0 Å². The van der Waals surface area contributed by atoms with E-state index in [2.05, 4.69) is 0 Å². The Morgan fingerprint density at radius 1 is 1.19 bits per heavy atom. The van der Waals surface area contributed by atoms with E-state index in [1.54, 1.807) is 13.8 Å². The lowest BCUT2D eigenvalue weighted by atomic mass is 10.2. The highest BCUT2D eigenvalue weighted by molar-refractivity contribution is 6.01. The van der Waals surface area contributed by atoms with E-state index in [9.17, 15) is 9.59 Å². The highest BCUT2D eigenvalue weighted by atomic mass is 16.7. The number of ketones is 1. The van der Waals surface area contributed by atoms with Gasteiger partial charge >= 0.3 is 0 Å². The Morgan fingerprint density at radius 2 is 1.62 bits per heavy atom. The average Bonchev–Trinajstić information content (AvgIpc) is 2.31. The van der Waals surface area contributed by atoms with Crippen LogP contribution in [0.3, 0.4) is 0 Å². The minimum atomic E-state index is -1.96. The van der Waals surface area contributed by atoms with Gasteiger partial charge in [0, 0.05) is 27.4 Å². The van der Waals surface area contributed by atoms with Crippen molar-refractivity contribution in [1.82, 2.24) is 0 Å². The Morgan fingerprint density at radius 3 is 1.88 bits per heavy atom. The molecule has 0 rings (SSSR count). The first-order valence-electron chi connectivity index (χ1n) is 4.95. The van der Waals surface area contributed by atoms with Gasteiger partial charge in [0.15, 0.2) is 6.29 Å². The van der Waals surface area contributed by atoms with Gasteiger partial charge < -0.3 is 18.9 Å². The first-order valence-corrected chi connectivity index (χ1v) is 4.95. The maximum atomic E-state index is 11.9. The van der Waals surface area contributed by atoms with Crippen LogP contribution in [-0.4, -0.2) is 51.6 Å². The number of ether oxygens (including phenoxy) is 4. The van der Waals surface area contributed by atoms with Gasteiger partial charge in [0.05, 0.1) is 0 Å². The third-order valence-electron chi connectivity index (χ3n) is 1.96. The maximum absolute atomic E-state index is 11.9. The van der Waals surface area contributed by atoms with E-state index in [0.717, 1.165) is 0 Å². The second-order valence-electron chi connectivity index (χ2n) is 2.80. The Hall–Kier alpha value is -0.820. The van der Waals surface area contributed by atoms with Gasteiger partial charge in [0.2, 0.25) is 6.29 Å². The average molecular weight is 234 g/mol. The number of carbonyl (C=O) groups is 2. The van der Waals surface area contributed by atoms with Crippen molar-refractivity contribution in [2.45, 2.75) is 25.9 Å². The van der Waals surface area contributed by atoms with Crippen LogP contribution in [0.1, 0.15) is 13.8 Å². The number of hydrogen-bond acceptors (Lipinski definition) is 6. The van der Waals surface area contributed by atoms with Crippen LogP contribution in [0.4, 0.5) is 0 Å². The standard InChI is InChI=1S/C10H18O6/c1-5-15-9(16-6-2)8(12)10(7-11,13-3)14-4/h7,9H,5-6H2,1-4H3. The van der Waals surface area contributed by atoms with E-state index in [1.807, 2.05) is 0 Å². The van der Waals surface area contributed by atoms with Crippen LogP contribution in [0.15, 0.2) is 0 Å². The fraction of sp³-hybridized carbons (Fsp3) is 0.800. The van der Waals surface area contributed by atoms with Crippen molar-refractivity contribution >= 4 is 12.1 Å². The SMILES string of the molecule is CCOC(OCC)C(=O)C(C=O)(OC)OC. The fourth-order valence-electron chi connectivity index (χ4n) is 1.11. The molecule has 0 fully saturated rings. The van der Waals surface area contributed by atoms with Gasteiger partial charge in [-0.25, -0.2) is 0 Å². The van der Waals surface area contributed by atoms with Crippen molar-refractivity contribution in [2.75, 3.05) is 27.4 Å². The predicted molar refractivity (Wildman–Crippen MR) is 54.9 cm³/mol. The molecule has 16 heavy (non-hydrogen) atoms. The predicted octanol–water partition coefficient (Wildman–Crippen LogP) is 0.143. The molecule has 0 radical (unpaired) electrons. The van der Waals surface area contributed by atoms with E-state index in [1.165, 1.54) is 14.2 Å².